The van der Waals surface area contributed by atoms with Gasteiger partial charge in [0, 0.05) is 25.6 Å². The number of alkyl carbamates (subject to hydrolysis) is 1. The maximum absolute atomic E-state index is 11.0. The number of carbonyl (C=O) groups excluding carboxylic acids is 3. The summed E-state index contributed by atoms with van der Waals surface area (Å²) in [6, 6.07) is 0. The number of likely N-dealkylation sites (N-methyl/N-ethyl adjacent to an activating group) is 1. The third-order valence-corrected chi connectivity index (χ3v) is 4.26. The number of aldehydes is 1. The summed E-state index contributed by atoms with van der Waals surface area (Å²) in [4.78, 5) is 33.5. The zero-order valence-corrected chi connectivity index (χ0v) is 23.1. The molecule has 0 fully saturated rings. The minimum atomic E-state index is -0.393. The Bertz CT molecular complexity index is 527. The molecule has 0 aliphatic carbocycles. The number of hydrogen-bond acceptors (Lipinski definition) is 5. The number of nitrogens with zero attached hydrogens (tertiary/aromatic N) is 1. The van der Waals surface area contributed by atoms with Gasteiger partial charge in [0.2, 0.25) is 5.91 Å². The molecule has 0 saturated heterocycles. The molecule has 7 nitrogen and oxygen atoms in total. The Balaban J connectivity index is -0.000000397. The van der Waals surface area contributed by atoms with E-state index in [1.165, 1.54) is 31.8 Å². The molecule has 1 aliphatic rings. The van der Waals surface area contributed by atoms with E-state index in [4.69, 9.17) is 9.47 Å². The first-order valence-corrected chi connectivity index (χ1v) is 12.4. The van der Waals surface area contributed by atoms with Crippen molar-refractivity contribution in [3.05, 3.63) is 11.8 Å². The first-order chi connectivity index (χ1) is 15.5. The molecule has 196 valence electrons. The van der Waals surface area contributed by atoms with Crippen molar-refractivity contribution in [2.75, 3.05) is 27.2 Å². The Morgan fingerprint density at radius 3 is 2.09 bits per heavy atom. The smallest absolute Gasteiger partial charge is 0.407 e. The number of hydrogen-bond donors (Lipinski definition) is 1. The molecule has 0 aromatic rings. The second-order valence-corrected chi connectivity index (χ2v) is 8.75. The van der Waals surface area contributed by atoms with E-state index in [1.807, 2.05) is 41.5 Å². The molecule has 0 bridgehead atoms. The molecule has 1 aliphatic heterocycles. The van der Waals surface area contributed by atoms with Crippen LogP contribution in [0.15, 0.2) is 11.8 Å². The zero-order chi connectivity index (χ0) is 26.3. The third kappa shape index (κ3) is 26.1. The number of methoxy groups -OCH3 is 1. The number of amides is 2. The van der Waals surface area contributed by atoms with E-state index < -0.39 is 5.60 Å². The van der Waals surface area contributed by atoms with Gasteiger partial charge < -0.3 is 24.5 Å². The lowest BCUT2D eigenvalue weighted by atomic mass is 10.0. The van der Waals surface area contributed by atoms with E-state index in [1.54, 1.807) is 19.1 Å². The van der Waals surface area contributed by atoms with Crippen LogP contribution >= 0.6 is 0 Å². The Morgan fingerprint density at radius 1 is 1.15 bits per heavy atom. The maximum atomic E-state index is 11.0. The minimum absolute atomic E-state index is 0.0202. The first-order valence-electron chi connectivity index (χ1n) is 12.4. The lowest BCUT2D eigenvalue weighted by molar-refractivity contribution is -0.123. The Kier molecular flexibility index (Phi) is 24.9. The van der Waals surface area contributed by atoms with Gasteiger partial charge in [-0.25, -0.2) is 4.79 Å². The molecule has 1 rings (SSSR count). The molecule has 0 radical (unpaired) electrons. The molecule has 2 amide bonds. The van der Waals surface area contributed by atoms with E-state index >= 15 is 0 Å². The van der Waals surface area contributed by atoms with E-state index in [0.717, 1.165) is 31.3 Å². The van der Waals surface area contributed by atoms with Crippen molar-refractivity contribution in [2.45, 2.75) is 106 Å². The molecule has 33 heavy (non-hydrogen) atoms. The van der Waals surface area contributed by atoms with E-state index in [0.29, 0.717) is 13.1 Å². The standard InChI is InChI=1S/C9H19NO2.C9H18O.C6H9NO2.C2H6/c1-5-6-7-10-8(11)12-9(2,3)4;1-3-4-5-6-7-9(2)8-10;1-7-4-5(9-2)3-6(7)8;1-2/h5-7H2,1-4H3,(H,10,11);8-9H,3-7H2,1-2H3;3H,4H2,1-2H3;1-2H3/t;9-;;/m.1../s1. The van der Waals surface area contributed by atoms with Crippen molar-refractivity contribution in [1.29, 1.82) is 0 Å². The molecule has 1 heterocycles. The van der Waals surface area contributed by atoms with Gasteiger partial charge in [0.1, 0.15) is 17.6 Å². The average Bonchev–Trinajstić information content (AvgIpc) is 3.10. The summed E-state index contributed by atoms with van der Waals surface area (Å²) in [5.41, 5.74) is -0.393. The number of rotatable bonds is 10. The van der Waals surface area contributed by atoms with Crippen molar-refractivity contribution >= 4 is 18.3 Å². The van der Waals surface area contributed by atoms with Gasteiger partial charge in [0.05, 0.1) is 13.7 Å². The highest BCUT2D eigenvalue weighted by Crippen LogP contribution is 2.08. The van der Waals surface area contributed by atoms with Crippen LogP contribution < -0.4 is 5.32 Å². The molecule has 0 saturated carbocycles. The van der Waals surface area contributed by atoms with Gasteiger partial charge in [-0.1, -0.05) is 66.7 Å². The highest BCUT2D eigenvalue weighted by Gasteiger charge is 2.17. The van der Waals surface area contributed by atoms with Gasteiger partial charge in [-0.05, 0) is 33.6 Å². The fourth-order valence-electron chi connectivity index (χ4n) is 2.37. The zero-order valence-electron chi connectivity index (χ0n) is 23.1. The highest BCUT2D eigenvalue weighted by molar-refractivity contribution is 5.90. The molecule has 0 spiro atoms. The molecular formula is C26H52N2O5. The maximum Gasteiger partial charge on any atom is 0.407 e. The fraction of sp³-hybridized carbons (Fsp3) is 0.808. The number of unbranched alkanes of at least 4 members (excludes halogenated alkanes) is 4. The summed E-state index contributed by atoms with van der Waals surface area (Å²) in [7, 11) is 3.31. The van der Waals surface area contributed by atoms with Gasteiger partial charge in [0.25, 0.3) is 0 Å². The van der Waals surface area contributed by atoms with Crippen LogP contribution in [-0.2, 0) is 19.1 Å². The SMILES string of the molecule is CC.CCCCCC[C@@H](C)C=O.CCCCNC(=O)OC(C)(C)C.COC1=CC(=O)N(C)C1. The predicted molar refractivity (Wildman–Crippen MR) is 137 cm³/mol. The number of carbonyl (C=O) groups is 3. The van der Waals surface area contributed by atoms with Gasteiger partial charge in [0.15, 0.2) is 0 Å². The van der Waals surface area contributed by atoms with Crippen LogP contribution in [0.25, 0.3) is 0 Å². The molecule has 0 aromatic heterocycles. The van der Waals surface area contributed by atoms with Crippen LogP contribution in [0.5, 0.6) is 0 Å². The van der Waals surface area contributed by atoms with Crippen molar-refractivity contribution in [2.24, 2.45) is 5.92 Å². The van der Waals surface area contributed by atoms with Crippen molar-refractivity contribution in [1.82, 2.24) is 10.2 Å². The topological polar surface area (TPSA) is 84.9 Å². The van der Waals surface area contributed by atoms with Crippen LogP contribution in [-0.4, -0.2) is 56.0 Å². The van der Waals surface area contributed by atoms with E-state index in [9.17, 15) is 14.4 Å². The molecule has 1 atom stereocenters. The second-order valence-electron chi connectivity index (χ2n) is 8.75. The Hall–Kier alpha value is -2.05. The van der Waals surface area contributed by atoms with Crippen molar-refractivity contribution in [3.63, 3.8) is 0 Å². The molecule has 7 heteroatoms. The largest absolute Gasteiger partial charge is 0.499 e. The second kappa shape index (κ2) is 23.1. The van der Waals surface area contributed by atoms with Crippen LogP contribution in [0.1, 0.15) is 100 Å². The minimum Gasteiger partial charge on any atom is -0.499 e. The third-order valence-electron chi connectivity index (χ3n) is 4.26. The van der Waals surface area contributed by atoms with E-state index in [-0.39, 0.29) is 17.9 Å². The van der Waals surface area contributed by atoms with Crippen LogP contribution in [0, 0.1) is 5.92 Å². The van der Waals surface area contributed by atoms with E-state index in [2.05, 4.69) is 19.2 Å². The lowest BCUT2D eigenvalue weighted by Crippen LogP contribution is -2.32. The Morgan fingerprint density at radius 2 is 1.73 bits per heavy atom. The van der Waals surface area contributed by atoms with Crippen LogP contribution in [0.4, 0.5) is 4.79 Å². The summed E-state index contributed by atoms with van der Waals surface area (Å²) in [5.74, 6) is 1.03. The van der Waals surface area contributed by atoms with Gasteiger partial charge in [-0.2, -0.15) is 0 Å². The molecular weight excluding hydrogens is 420 g/mol. The quantitative estimate of drug-likeness (QED) is 0.306. The summed E-state index contributed by atoms with van der Waals surface area (Å²) >= 11 is 0. The molecule has 0 aromatic carbocycles. The van der Waals surface area contributed by atoms with Crippen molar-refractivity contribution < 1.29 is 23.9 Å². The monoisotopic (exact) mass is 472 g/mol. The first kappa shape index (κ1) is 35.5. The van der Waals surface area contributed by atoms with Crippen LogP contribution in [0.3, 0.4) is 0 Å². The van der Waals surface area contributed by atoms with Crippen LogP contribution in [0.2, 0.25) is 0 Å². The summed E-state index contributed by atoms with van der Waals surface area (Å²) in [5, 5.41) is 2.68. The van der Waals surface area contributed by atoms with Gasteiger partial charge in [-0.15, -0.1) is 0 Å². The number of ether oxygens (including phenoxy) is 2. The van der Waals surface area contributed by atoms with Crippen molar-refractivity contribution in [3.8, 4) is 0 Å². The fourth-order valence-corrected chi connectivity index (χ4v) is 2.37. The number of nitrogens with one attached hydrogen (secondary N) is 1. The lowest BCUT2D eigenvalue weighted by Gasteiger charge is -2.19. The predicted octanol–water partition coefficient (Wildman–Crippen LogP) is 6.12. The summed E-state index contributed by atoms with van der Waals surface area (Å²) < 4.78 is 9.88. The molecule has 1 N–H and O–H groups in total. The Labute approximate surface area is 203 Å². The van der Waals surface area contributed by atoms with Gasteiger partial charge in [-0.3, -0.25) is 4.79 Å². The van der Waals surface area contributed by atoms with Gasteiger partial charge >= 0.3 is 6.09 Å². The average molecular weight is 473 g/mol. The normalized spacial score (nSPS) is 13.1. The summed E-state index contributed by atoms with van der Waals surface area (Å²) in [6.45, 7) is 17.1. The summed E-state index contributed by atoms with van der Waals surface area (Å²) in [6.07, 6.45) is 10.5. The highest BCUT2D eigenvalue weighted by atomic mass is 16.6. The molecule has 0 unspecified atom stereocenters.